The summed E-state index contributed by atoms with van der Waals surface area (Å²) in [6.45, 7) is 1.97. The van der Waals surface area contributed by atoms with Crippen molar-refractivity contribution in [2.24, 2.45) is 0 Å². The molecule has 0 amide bonds. The average Bonchev–Trinajstić information content (AvgIpc) is 2.77. The minimum Gasteiger partial charge on any atom is -0.338 e. The Morgan fingerprint density at radius 1 is 1.25 bits per heavy atom. The van der Waals surface area contributed by atoms with Crippen molar-refractivity contribution >= 4 is 6.29 Å². The van der Waals surface area contributed by atoms with Crippen molar-refractivity contribution in [3.8, 4) is 0 Å². The van der Waals surface area contributed by atoms with E-state index in [2.05, 4.69) is 0 Å². The van der Waals surface area contributed by atoms with Gasteiger partial charge in [0.25, 0.3) is 0 Å². The van der Waals surface area contributed by atoms with Crippen molar-refractivity contribution < 1.29 is 9.18 Å². The molecule has 0 fully saturated rings. The zero-order chi connectivity index (χ0) is 11.5. The fraction of sp³-hybridized carbons (Fsp3) is 0.154. The van der Waals surface area contributed by atoms with Gasteiger partial charge in [0, 0.05) is 6.20 Å². The van der Waals surface area contributed by atoms with Crippen LogP contribution in [0.3, 0.4) is 0 Å². The normalized spacial score (nSPS) is 12.4. The third-order valence-corrected chi connectivity index (χ3v) is 2.70. The predicted octanol–water partition coefficient (Wildman–Crippen LogP) is 3.05. The van der Waals surface area contributed by atoms with Crippen LogP contribution in [-0.4, -0.2) is 10.9 Å². The molecule has 82 valence electrons. The highest BCUT2D eigenvalue weighted by molar-refractivity contribution is 5.72. The van der Waals surface area contributed by atoms with Gasteiger partial charge in [0.15, 0.2) is 6.29 Å². The lowest BCUT2D eigenvalue weighted by atomic mass is 10.1. The summed E-state index contributed by atoms with van der Waals surface area (Å²) in [7, 11) is 0. The monoisotopic (exact) mass is 217 g/mol. The Morgan fingerprint density at radius 3 is 2.56 bits per heavy atom. The number of aldehydes is 1. The maximum absolute atomic E-state index is 12.8. The van der Waals surface area contributed by atoms with Gasteiger partial charge in [-0.3, -0.25) is 4.79 Å². The number of carbonyl (C=O) groups is 1. The van der Waals surface area contributed by atoms with E-state index < -0.39 is 0 Å². The highest BCUT2D eigenvalue weighted by Crippen LogP contribution is 2.19. The fourth-order valence-corrected chi connectivity index (χ4v) is 1.76. The summed E-state index contributed by atoms with van der Waals surface area (Å²) in [5.41, 5.74) is 1.59. The Bertz CT molecular complexity index is 487. The summed E-state index contributed by atoms with van der Waals surface area (Å²) in [5.74, 6) is -0.251. The van der Waals surface area contributed by atoms with E-state index in [1.807, 2.05) is 23.8 Å². The zero-order valence-electron chi connectivity index (χ0n) is 8.93. The van der Waals surface area contributed by atoms with E-state index in [0.29, 0.717) is 5.69 Å². The molecule has 0 bridgehead atoms. The van der Waals surface area contributed by atoms with Gasteiger partial charge in [-0.05, 0) is 36.8 Å². The fourth-order valence-electron chi connectivity index (χ4n) is 1.76. The van der Waals surface area contributed by atoms with Crippen LogP contribution in [0, 0.1) is 5.82 Å². The van der Waals surface area contributed by atoms with Gasteiger partial charge in [-0.15, -0.1) is 0 Å². The number of rotatable bonds is 3. The quantitative estimate of drug-likeness (QED) is 0.724. The number of halogens is 1. The first-order chi connectivity index (χ1) is 7.72. The Labute approximate surface area is 93.3 Å². The number of nitrogens with zero attached hydrogens (tertiary/aromatic N) is 1. The van der Waals surface area contributed by atoms with Gasteiger partial charge in [-0.1, -0.05) is 12.1 Å². The standard InChI is InChI=1S/C13H12FNO/c1-10(11-4-6-12(14)7-5-11)15-8-2-3-13(15)9-16/h2-10H,1H3. The van der Waals surface area contributed by atoms with Crippen molar-refractivity contribution in [2.75, 3.05) is 0 Å². The number of benzene rings is 1. The molecule has 1 unspecified atom stereocenters. The number of hydrogen-bond donors (Lipinski definition) is 0. The lowest BCUT2D eigenvalue weighted by Crippen LogP contribution is -2.08. The molecule has 16 heavy (non-hydrogen) atoms. The molecule has 2 aromatic rings. The highest BCUT2D eigenvalue weighted by Gasteiger charge is 2.10. The van der Waals surface area contributed by atoms with Gasteiger partial charge >= 0.3 is 0 Å². The van der Waals surface area contributed by atoms with Crippen molar-refractivity contribution in [2.45, 2.75) is 13.0 Å². The molecule has 0 spiro atoms. The Hall–Kier alpha value is -1.90. The van der Waals surface area contributed by atoms with Gasteiger partial charge in [0.1, 0.15) is 5.82 Å². The smallest absolute Gasteiger partial charge is 0.166 e. The number of aromatic nitrogens is 1. The molecule has 0 saturated heterocycles. The van der Waals surface area contributed by atoms with Crippen LogP contribution in [0.25, 0.3) is 0 Å². The van der Waals surface area contributed by atoms with Crippen molar-refractivity contribution in [1.82, 2.24) is 4.57 Å². The first kappa shape index (κ1) is 10.6. The van der Waals surface area contributed by atoms with Crippen LogP contribution in [-0.2, 0) is 0 Å². The van der Waals surface area contributed by atoms with E-state index >= 15 is 0 Å². The maximum Gasteiger partial charge on any atom is 0.166 e. The van der Waals surface area contributed by atoms with Crippen molar-refractivity contribution in [3.05, 3.63) is 59.7 Å². The van der Waals surface area contributed by atoms with Gasteiger partial charge in [-0.25, -0.2) is 4.39 Å². The molecule has 0 saturated carbocycles. The maximum atomic E-state index is 12.8. The average molecular weight is 217 g/mol. The molecule has 2 rings (SSSR count). The summed E-state index contributed by atoms with van der Waals surface area (Å²) in [6, 6.07) is 9.92. The van der Waals surface area contributed by atoms with Crippen LogP contribution in [0.2, 0.25) is 0 Å². The van der Waals surface area contributed by atoms with E-state index in [0.717, 1.165) is 11.8 Å². The zero-order valence-corrected chi connectivity index (χ0v) is 8.93. The summed E-state index contributed by atoms with van der Waals surface area (Å²) in [6.07, 6.45) is 2.66. The van der Waals surface area contributed by atoms with Gasteiger partial charge in [-0.2, -0.15) is 0 Å². The molecule has 1 heterocycles. The molecule has 1 atom stereocenters. The third kappa shape index (κ3) is 1.89. The second kappa shape index (κ2) is 4.31. The molecule has 0 aliphatic rings. The molecule has 0 aliphatic carbocycles. The summed E-state index contributed by atoms with van der Waals surface area (Å²) >= 11 is 0. The predicted molar refractivity (Wildman–Crippen MR) is 60.0 cm³/mol. The highest BCUT2D eigenvalue weighted by atomic mass is 19.1. The third-order valence-electron chi connectivity index (χ3n) is 2.70. The minimum absolute atomic E-state index is 0.0239. The minimum atomic E-state index is -0.251. The topological polar surface area (TPSA) is 22.0 Å². The van der Waals surface area contributed by atoms with Gasteiger partial charge < -0.3 is 4.57 Å². The van der Waals surface area contributed by atoms with E-state index in [1.165, 1.54) is 12.1 Å². The molecule has 1 aromatic carbocycles. The molecule has 0 aliphatic heterocycles. The number of carbonyl (C=O) groups excluding carboxylic acids is 1. The lowest BCUT2D eigenvalue weighted by molar-refractivity contribution is 0.111. The summed E-state index contributed by atoms with van der Waals surface area (Å²) < 4.78 is 14.6. The van der Waals surface area contributed by atoms with Crippen LogP contribution in [0.1, 0.15) is 29.0 Å². The van der Waals surface area contributed by atoms with Crippen LogP contribution in [0.5, 0.6) is 0 Å². The Kier molecular flexibility index (Phi) is 2.86. The second-order valence-electron chi connectivity index (χ2n) is 3.69. The lowest BCUT2D eigenvalue weighted by Gasteiger charge is -2.15. The molecular formula is C13H12FNO. The summed E-state index contributed by atoms with van der Waals surface area (Å²) in [4.78, 5) is 10.8. The van der Waals surface area contributed by atoms with Crippen LogP contribution in [0.15, 0.2) is 42.6 Å². The molecular weight excluding hydrogens is 205 g/mol. The molecule has 2 nitrogen and oxygen atoms in total. The van der Waals surface area contributed by atoms with Crippen molar-refractivity contribution in [3.63, 3.8) is 0 Å². The SMILES string of the molecule is CC(c1ccc(F)cc1)n1cccc1C=O. The van der Waals surface area contributed by atoms with Crippen LogP contribution in [0.4, 0.5) is 4.39 Å². The molecule has 0 N–H and O–H groups in total. The van der Waals surface area contributed by atoms with Gasteiger partial charge in [0.2, 0.25) is 0 Å². The van der Waals surface area contributed by atoms with Gasteiger partial charge in [0.05, 0.1) is 11.7 Å². The Balaban J connectivity index is 2.35. The van der Waals surface area contributed by atoms with E-state index in [1.54, 1.807) is 18.2 Å². The Morgan fingerprint density at radius 2 is 1.94 bits per heavy atom. The van der Waals surface area contributed by atoms with E-state index in [-0.39, 0.29) is 11.9 Å². The first-order valence-electron chi connectivity index (χ1n) is 5.10. The number of hydrogen-bond acceptors (Lipinski definition) is 1. The largest absolute Gasteiger partial charge is 0.338 e. The van der Waals surface area contributed by atoms with Crippen LogP contribution < -0.4 is 0 Å². The summed E-state index contributed by atoms with van der Waals surface area (Å²) in [5, 5.41) is 0. The second-order valence-corrected chi connectivity index (χ2v) is 3.69. The van der Waals surface area contributed by atoms with Crippen molar-refractivity contribution in [1.29, 1.82) is 0 Å². The molecule has 1 aromatic heterocycles. The van der Waals surface area contributed by atoms with E-state index in [9.17, 15) is 9.18 Å². The first-order valence-corrected chi connectivity index (χ1v) is 5.10. The molecule has 0 radical (unpaired) electrons. The van der Waals surface area contributed by atoms with E-state index in [4.69, 9.17) is 0 Å². The molecule has 3 heteroatoms. The van der Waals surface area contributed by atoms with Crippen LogP contribution >= 0.6 is 0 Å².